The molecule has 0 atom stereocenters. The van der Waals surface area contributed by atoms with Crippen LogP contribution in [0, 0.1) is 11.3 Å². The van der Waals surface area contributed by atoms with Gasteiger partial charge in [-0.25, -0.2) is 4.98 Å². The standard InChI is InChI=1S/C95H57N9/c96-57-59-43-48-78(97-58-59)91-92(101-81-37-17-7-27-66(81)67-28-8-18-38-82(67)101)94(103-85-41-21-13-33-72(85)76-55-62(46-51-89(76)103)60-44-49-87-74(53-60)70-31-11-15-35-79(70)99(87)64-23-3-1-4-24-64)98-95(93(91)102-83-39-19-9-29-68(83)69-30-10-20-40-84(69)102)104-86-42-22-14-34-73(86)77-56-63(47-52-90(77)104)61-45-50-88-75(54-61)71-32-12-16-36-80(71)100(88)65-25-5-2-6-26-65/h1-56,58H. The van der Waals surface area contributed by atoms with Crippen LogP contribution < -0.4 is 0 Å². The van der Waals surface area contributed by atoms with Gasteiger partial charge in [0.2, 0.25) is 0 Å². The Kier molecular flexibility index (Phi) is 12.4. The molecule has 0 unspecified atom stereocenters. The Morgan fingerprint density at radius 3 is 0.788 bits per heavy atom. The van der Waals surface area contributed by atoms with Crippen LogP contribution in [0.5, 0.6) is 0 Å². The first-order valence-corrected chi connectivity index (χ1v) is 35.3. The molecule has 0 bridgehead atoms. The molecule has 0 aliphatic rings. The third-order valence-corrected chi connectivity index (χ3v) is 21.7. The molecule has 22 aromatic rings. The number of rotatable bonds is 9. The van der Waals surface area contributed by atoms with Gasteiger partial charge in [-0.3, -0.25) is 14.1 Å². The summed E-state index contributed by atoms with van der Waals surface area (Å²) < 4.78 is 14.4. The van der Waals surface area contributed by atoms with E-state index in [9.17, 15) is 5.26 Å². The number of nitriles is 1. The van der Waals surface area contributed by atoms with Crippen molar-refractivity contribution in [3.8, 4) is 74.0 Å². The summed E-state index contributed by atoms with van der Waals surface area (Å²) in [5.41, 5.74) is 22.9. The van der Waals surface area contributed by atoms with Crippen LogP contribution in [-0.2, 0) is 0 Å². The summed E-state index contributed by atoms with van der Waals surface area (Å²) in [6.45, 7) is 0. The summed E-state index contributed by atoms with van der Waals surface area (Å²) in [7, 11) is 0. The van der Waals surface area contributed by atoms with Gasteiger partial charge < -0.3 is 18.3 Å². The molecule has 0 aliphatic carbocycles. The maximum absolute atomic E-state index is 10.7. The number of aromatic nitrogens is 8. The van der Waals surface area contributed by atoms with Crippen LogP contribution in [0.3, 0.4) is 0 Å². The highest BCUT2D eigenvalue weighted by Crippen LogP contribution is 2.50. The van der Waals surface area contributed by atoms with Gasteiger partial charge in [0.1, 0.15) is 17.4 Å². The number of para-hydroxylation sites is 10. The van der Waals surface area contributed by atoms with Crippen LogP contribution >= 0.6 is 0 Å². The van der Waals surface area contributed by atoms with Gasteiger partial charge in [-0.2, -0.15) is 5.26 Å². The predicted octanol–water partition coefficient (Wildman–Crippen LogP) is 23.9. The van der Waals surface area contributed by atoms with Gasteiger partial charge in [-0.1, -0.05) is 206 Å². The van der Waals surface area contributed by atoms with Gasteiger partial charge in [0.15, 0.2) is 11.6 Å². The van der Waals surface area contributed by atoms with Crippen molar-refractivity contribution in [1.82, 2.24) is 37.4 Å². The van der Waals surface area contributed by atoms with E-state index in [0.29, 0.717) is 22.9 Å². The Labute approximate surface area is 595 Å². The van der Waals surface area contributed by atoms with Crippen LogP contribution in [0.1, 0.15) is 5.56 Å². The Hall–Kier alpha value is -14.3. The topological polar surface area (TPSA) is 79.1 Å². The predicted molar refractivity (Wildman–Crippen MR) is 429 cm³/mol. The highest BCUT2D eigenvalue weighted by Gasteiger charge is 2.34. The number of benzene rings is 14. The van der Waals surface area contributed by atoms with E-state index in [2.05, 4.69) is 361 Å². The van der Waals surface area contributed by atoms with Crippen molar-refractivity contribution in [3.05, 3.63) is 351 Å². The van der Waals surface area contributed by atoms with Crippen LogP contribution in [0.15, 0.2) is 346 Å². The van der Waals surface area contributed by atoms with Crippen LogP contribution in [0.2, 0.25) is 0 Å². The number of pyridine rings is 2. The summed E-state index contributed by atoms with van der Waals surface area (Å²) in [6, 6.07) is 126. The molecule has 482 valence electrons. The molecule has 0 radical (unpaired) electrons. The summed E-state index contributed by atoms with van der Waals surface area (Å²) in [5.74, 6) is 1.38. The van der Waals surface area contributed by atoms with Crippen molar-refractivity contribution >= 4 is 131 Å². The Balaban J connectivity index is 0.878. The molecule has 8 aromatic heterocycles. The minimum absolute atomic E-state index is 0.457. The largest absolute Gasteiger partial charge is 0.309 e. The van der Waals surface area contributed by atoms with E-state index in [-0.39, 0.29) is 0 Å². The maximum atomic E-state index is 10.7. The fourth-order valence-electron chi connectivity index (χ4n) is 17.2. The van der Waals surface area contributed by atoms with E-state index in [4.69, 9.17) is 9.97 Å². The first-order valence-electron chi connectivity index (χ1n) is 35.3. The molecule has 0 saturated carbocycles. The average Bonchev–Trinajstić information content (AvgIpc) is 1.48. The lowest BCUT2D eigenvalue weighted by atomic mass is 10.0. The molecule has 0 N–H and O–H groups in total. The second-order valence-electron chi connectivity index (χ2n) is 27.1. The zero-order valence-corrected chi connectivity index (χ0v) is 55.9. The zero-order valence-electron chi connectivity index (χ0n) is 55.9. The molecule has 0 amide bonds. The van der Waals surface area contributed by atoms with Crippen molar-refractivity contribution in [2.24, 2.45) is 0 Å². The van der Waals surface area contributed by atoms with Crippen molar-refractivity contribution in [1.29, 1.82) is 5.26 Å². The second-order valence-corrected chi connectivity index (χ2v) is 27.1. The summed E-state index contributed by atoms with van der Waals surface area (Å²) in [6.07, 6.45) is 1.72. The minimum atomic E-state index is 0.457. The minimum Gasteiger partial charge on any atom is -0.309 e. The molecule has 0 spiro atoms. The molecular formula is C95H57N9. The fraction of sp³-hybridized carbons (Fsp3) is 0. The SMILES string of the molecule is N#Cc1ccc(-c2c(-n3c4ccccc4c4ccccc43)c(-n3c4ccccc4c4cc(-c5ccc6c(c5)c5ccccc5n6-c5ccccc5)ccc43)nc(-n3c4ccccc4c4cc(-c5ccc6c(c5)c5ccccc5n6-c5ccccc5)ccc43)c2-n2c3ccccc3c3ccccc32)nc1. The highest BCUT2D eigenvalue weighted by atomic mass is 15.2. The van der Waals surface area contributed by atoms with E-state index in [0.717, 1.165) is 149 Å². The number of hydrogen-bond donors (Lipinski definition) is 0. The molecule has 0 aliphatic heterocycles. The van der Waals surface area contributed by atoms with E-state index in [1.165, 1.54) is 32.6 Å². The molecule has 9 heteroatoms. The van der Waals surface area contributed by atoms with Crippen molar-refractivity contribution < 1.29 is 0 Å². The maximum Gasteiger partial charge on any atom is 0.165 e. The molecule has 104 heavy (non-hydrogen) atoms. The summed E-state index contributed by atoms with van der Waals surface area (Å²) in [4.78, 5) is 12.0. The zero-order chi connectivity index (χ0) is 68.3. The molecule has 0 fully saturated rings. The molecule has 14 aromatic carbocycles. The van der Waals surface area contributed by atoms with E-state index in [1.807, 2.05) is 12.1 Å². The van der Waals surface area contributed by atoms with Gasteiger partial charge in [-0.05, 0) is 156 Å². The van der Waals surface area contributed by atoms with Gasteiger partial charge in [0.25, 0.3) is 0 Å². The third kappa shape index (κ3) is 8.30. The van der Waals surface area contributed by atoms with Crippen LogP contribution in [0.4, 0.5) is 0 Å². The lowest BCUT2D eigenvalue weighted by Crippen LogP contribution is -2.16. The lowest BCUT2D eigenvalue weighted by molar-refractivity contribution is 0.959. The number of fused-ring (bicyclic) bond motifs is 18. The van der Waals surface area contributed by atoms with Crippen molar-refractivity contribution in [3.63, 3.8) is 0 Å². The fourth-order valence-corrected chi connectivity index (χ4v) is 17.2. The van der Waals surface area contributed by atoms with Gasteiger partial charge in [-0.15, -0.1) is 0 Å². The monoisotopic (exact) mass is 1320 g/mol. The number of nitrogens with zero attached hydrogens (tertiary/aromatic N) is 9. The molecule has 8 heterocycles. The Bertz CT molecular complexity index is 6900. The smallest absolute Gasteiger partial charge is 0.165 e. The normalized spacial score (nSPS) is 12.0. The first-order chi connectivity index (χ1) is 51.6. The quantitative estimate of drug-likeness (QED) is 0.144. The highest BCUT2D eigenvalue weighted by molar-refractivity contribution is 6.18. The lowest BCUT2D eigenvalue weighted by Gasteiger charge is -2.26. The van der Waals surface area contributed by atoms with Crippen LogP contribution in [-0.4, -0.2) is 37.4 Å². The van der Waals surface area contributed by atoms with Crippen molar-refractivity contribution in [2.45, 2.75) is 0 Å². The van der Waals surface area contributed by atoms with Crippen LogP contribution in [0.25, 0.3) is 199 Å². The van der Waals surface area contributed by atoms with Gasteiger partial charge >= 0.3 is 0 Å². The van der Waals surface area contributed by atoms with E-state index < -0.39 is 0 Å². The number of hydrogen-bond acceptors (Lipinski definition) is 3. The molecule has 9 nitrogen and oxygen atoms in total. The van der Waals surface area contributed by atoms with Gasteiger partial charge in [0, 0.05) is 82.2 Å². The third-order valence-electron chi connectivity index (χ3n) is 21.7. The summed E-state index contributed by atoms with van der Waals surface area (Å²) in [5, 5.41) is 24.2. The average molecular weight is 1320 g/mol. The van der Waals surface area contributed by atoms with Crippen molar-refractivity contribution in [2.75, 3.05) is 0 Å². The summed E-state index contributed by atoms with van der Waals surface area (Å²) >= 11 is 0. The molecule has 22 rings (SSSR count). The Morgan fingerprint density at radius 1 is 0.231 bits per heavy atom. The van der Waals surface area contributed by atoms with E-state index in [1.54, 1.807) is 6.20 Å². The first kappa shape index (κ1) is 57.6. The Morgan fingerprint density at radius 2 is 0.490 bits per heavy atom. The van der Waals surface area contributed by atoms with E-state index >= 15 is 0 Å². The molecule has 0 saturated heterocycles. The second kappa shape index (κ2) is 22.3. The van der Waals surface area contributed by atoms with Gasteiger partial charge in [0.05, 0.1) is 83.0 Å². The molecular weight excluding hydrogens is 1270 g/mol.